The van der Waals surface area contributed by atoms with Gasteiger partial charge in [0.1, 0.15) is 0 Å². The van der Waals surface area contributed by atoms with Crippen LogP contribution in [-0.4, -0.2) is 23.1 Å². The summed E-state index contributed by atoms with van der Waals surface area (Å²) < 4.78 is 5.15. The molecule has 106 valence electrons. The second-order valence-electron chi connectivity index (χ2n) is 4.43. The number of nitrogens with zero attached hydrogens (tertiary/aromatic N) is 2. The zero-order valence-corrected chi connectivity index (χ0v) is 10.9. The van der Waals surface area contributed by atoms with E-state index in [0.717, 1.165) is 31.4 Å². The Bertz CT molecular complexity index is 534. The van der Waals surface area contributed by atoms with Crippen molar-refractivity contribution >= 4 is 17.3 Å². The van der Waals surface area contributed by atoms with E-state index in [0.29, 0.717) is 0 Å². The molecular formula is C13H15N3O4. The van der Waals surface area contributed by atoms with Crippen molar-refractivity contribution in [2.75, 3.05) is 6.61 Å². The number of para-hydroxylation sites is 2. The molecule has 1 saturated carbocycles. The SMILES string of the molecule is O=C(COc1ccccc1[N+](=O)[O-])NN=C1CCCC1. The first-order valence-corrected chi connectivity index (χ1v) is 6.37. The van der Waals surface area contributed by atoms with Crippen LogP contribution in [-0.2, 0) is 4.79 Å². The Morgan fingerprint density at radius 1 is 1.35 bits per heavy atom. The highest BCUT2D eigenvalue weighted by Crippen LogP contribution is 2.25. The van der Waals surface area contributed by atoms with Gasteiger partial charge >= 0.3 is 5.69 Å². The van der Waals surface area contributed by atoms with E-state index < -0.39 is 10.8 Å². The summed E-state index contributed by atoms with van der Waals surface area (Å²) in [6.45, 7) is -0.304. The van der Waals surface area contributed by atoms with Crippen molar-refractivity contribution in [2.24, 2.45) is 5.10 Å². The standard InChI is InChI=1S/C13H15N3O4/c17-13(15-14-10-5-1-2-6-10)9-20-12-8-4-3-7-11(12)16(18)19/h3-4,7-8H,1-2,5-6,9H2,(H,15,17). The van der Waals surface area contributed by atoms with E-state index in [9.17, 15) is 14.9 Å². The van der Waals surface area contributed by atoms with Crippen LogP contribution in [0.1, 0.15) is 25.7 Å². The largest absolute Gasteiger partial charge is 0.477 e. The molecule has 0 aliphatic heterocycles. The molecule has 1 N–H and O–H groups in total. The van der Waals surface area contributed by atoms with Crippen LogP contribution in [0.4, 0.5) is 5.69 Å². The Kier molecular flexibility index (Phi) is 4.65. The molecule has 1 fully saturated rings. The molecule has 0 spiro atoms. The number of rotatable bonds is 5. The average Bonchev–Trinajstić information content (AvgIpc) is 2.96. The maximum absolute atomic E-state index is 11.5. The average molecular weight is 277 g/mol. The predicted octanol–water partition coefficient (Wildman–Crippen LogP) is 2.02. The second-order valence-corrected chi connectivity index (χ2v) is 4.43. The minimum atomic E-state index is -0.550. The van der Waals surface area contributed by atoms with E-state index in [-0.39, 0.29) is 18.0 Å². The molecule has 2 rings (SSSR count). The van der Waals surface area contributed by atoms with E-state index in [1.54, 1.807) is 6.07 Å². The maximum Gasteiger partial charge on any atom is 0.310 e. The number of hydrazone groups is 1. The lowest BCUT2D eigenvalue weighted by molar-refractivity contribution is -0.385. The Morgan fingerprint density at radius 2 is 2.05 bits per heavy atom. The van der Waals surface area contributed by atoms with Crippen LogP contribution in [0.3, 0.4) is 0 Å². The molecule has 1 aromatic rings. The second kappa shape index (κ2) is 6.65. The molecule has 7 nitrogen and oxygen atoms in total. The van der Waals surface area contributed by atoms with Crippen LogP contribution in [0.25, 0.3) is 0 Å². The third-order valence-electron chi connectivity index (χ3n) is 2.94. The molecule has 1 amide bonds. The van der Waals surface area contributed by atoms with Crippen molar-refractivity contribution in [3.63, 3.8) is 0 Å². The molecule has 0 unspecified atom stereocenters. The Morgan fingerprint density at radius 3 is 2.75 bits per heavy atom. The zero-order valence-electron chi connectivity index (χ0n) is 10.9. The molecule has 1 aliphatic rings. The van der Waals surface area contributed by atoms with Gasteiger partial charge in [-0.25, -0.2) is 5.43 Å². The monoisotopic (exact) mass is 277 g/mol. The van der Waals surface area contributed by atoms with Crippen LogP contribution in [0, 0.1) is 10.1 Å². The summed E-state index contributed by atoms with van der Waals surface area (Å²) in [7, 11) is 0. The van der Waals surface area contributed by atoms with Gasteiger partial charge in [-0.15, -0.1) is 0 Å². The summed E-state index contributed by atoms with van der Waals surface area (Å²) in [5.41, 5.74) is 3.21. The molecule has 0 bridgehead atoms. The fourth-order valence-electron chi connectivity index (χ4n) is 1.94. The number of nitrogens with one attached hydrogen (secondary N) is 1. The Balaban J connectivity index is 1.87. The molecule has 20 heavy (non-hydrogen) atoms. The highest BCUT2D eigenvalue weighted by Gasteiger charge is 2.15. The van der Waals surface area contributed by atoms with Crippen LogP contribution >= 0.6 is 0 Å². The summed E-state index contributed by atoms with van der Waals surface area (Å²) >= 11 is 0. The lowest BCUT2D eigenvalue weighted by Gasteiger charge is -2.05. The van der Waals surface area contributed by atoms with Crippen molar-refractivity contribution in [1.82, 2.24) is 5.43 Å². The van der Waals surface area contributed by atoms with E-state index in [2.05, 4.69) is 10.5 Å². The Labute approximate surface area is 115 Å². The minimum Gasteiger partial charge on any atom is -0.477 e. The fourth-order valence-corrected chi connectivity index (χ4v) is 1.94. The number of benzene rings is 1. The van der Waals surface area contributed by atoms with Crippen molar-refractivity contribution in [3.05, 3.63) is 34.4 Å². The van der Waals surface area contributed by atoms with Gasteiger partial charge in [0, 0.05) is 11.8 Å². The van der Waals surface area contributed by atoms with Crippen molar-refractivity contribution in [1.29, 1.82) is 0 Å². The maximum atomic E-state index is 11.5. The predicted molar refractivity (Wildman–Crippen MR) is 72.6 cm³/mol. The van der Waals surface area contributed by atoms with Gasteiger partial charge < -0.3 is 4.74 Å². The third-order valence-corrected chi connectivity index (χ3v) is 2.94. The normalized spacial score (nSPS) is 13.9. The van der Waals surface area contributed by atoms with Gasteiger partial charge in [-0.3, -0.25) is 14.9 Å². The third kappa shape index (κ3) is 3.78. The first-order chi connectivity index (χ1) is 9.66. The summed E-state index contributed by atoms with van der Waals surface area (Å²) in [5.74, 6) is -0.358. The van der Waals surface area contributed by atoms with Gasteiger partial charge in [0.15, 0.2) is 12.4 Å². The number of carbonyl (C=O) groups excluding carboxylic acids is 1. The van der Waals surface area contributed by atoms with Crippen LogP contribution < -0.4 is 10.2 Å². The number of hydrogen-bond donors (Lipinski definition) is 1. The van der Waals surface area contributed by atoms with Crippen LogP contribution in [0.2, 0.25) is 0 Å². The fraction of sp³-hybridized carbons (Fsp3) is 0.385. The number of amides is 1. The molecule has 1 aliphatic carbocycles. The molecule has 1 aromatic carbocycles. The van der Waals surface area contributed by atoms with Crippen molar-refractivity contribution in [3.8, 4) is 5.75 Å². The van der Waals surface area contributed by atoms with E-state index in [1.807, 2.05) is 0 Å². The van der Waals surface area contributed by atoms with Crippen LogP contribution in [0.15, 0.2) is 29.4 Å². The number of nitro groups is 1. The zero-order chi connectivity index (χ0) is 14.4. The highest BCUT2D eigenvalue weighted by molar-refractivity contribution is 5.87. The smallest absolute Gasteiger partial charge is 0.310 e. The Hall–Kier alpha value is -2.44. The minimum absolute atomic E-state index is 0.0705. The van der Waals surface area contributed by atoms with Gasteiger partial charge in [-0.1, -0.05) is 12.1 Å². The van der Waals surface area contributed by atoms with Crippen LogP contribution in [0.5, 0.6) is 5.75 Å². The molecule has 0 radical (unpaired) electrons. The molecule has 0 saturated heterocycles. The lowest BCUT2D eigenvalue weighted by atomic mass is 10.3. The number of nitro benzene ring substituents is 1. The van der Waals surface area contributed by atoms with E-state index in [4.69, 9.17) is 4.74 Å². The molecule has 0 heterocycles. The summed E-state index contributed by atoms with van der Waals surface area (Å²) in [6, 6.07) is 5.93. The van der Waals surface area contributed by atoms with Crippen molar-refractivity contribution in [2.45, 2.75) is 25.7 Å². The highest BCUT2D eigenvalue weighted by atomic mass is 16.6. The van der Waals surface area contributed by atoms with Gasteiger partial charge in [0.05, 0.1) is 4.92 Å². The number of hydrogen-bond acceptors (Lipinski definition) is 5. The van der Waals surface area contributed by atoms with Gasteiger partial charge in [0.2, 0.25) is 0 Å². The quantitative estimate of drug-likeness (QED) is 0.658. The van der Waals surface area contributed by atoms with E-state index >= 15 is 0 Å². The van der Waals surface area contributed by atoms with Crippen molar-refractivity contribution < 1.29 is 14.5 Å². The topological polar surface area (TPSA) is 93.8 Å². The first-order valence-electron chi connectivity index (χ1n) is 6.37. The van der Waals surface area contributed by atoms with Gasteiger partial charge in [-0.05, 0) is 31.7 Å². The summed E-state index contributed by atoms with van der Waals surface area (Å²) in [5, 5.41) is 14.8. The summed E-state index contributed by atoms with van der Waals surface area (Å²) in [4.78, 5) is 21.8. The van der Waals surface area contributed by atoms with Gasteiger partial charge in [0.25, 0.3) is 5.91 Å². The van der Waals surface area contributed by atoms with Gasteiger partial charge in [-0.2, -0.15) is 5.10 Å². The number of carbonyl (C=O) groups is 1. The molecular weight excluding hydrogens is 262 g/mol. The molecule has 7 heteroatoms. The molecule has 0 aromatic heterocycles. The first kappa shape index (κ1) is 14.0. The lowest BCUT2D eigenvalue weighted by Crippen LogP contribution is -2.25. The van der Waals surface area contributed by atoms with E-state index in [1.165, 1.54) is 18.2 Å². The summed E-state index contributed by atoms with van der Waals surface area (Å²) in [6.07, 6.45) is 4.01. The number of ether oxygens (including phenoxy) is 1. The molecule has 0 atom stereocenters.